The maximum absolute atomic E-state index is 5.42. The molecular weight excluding hydrogens is 109 g/mol. The van der Waals surface area contributed by atoms with E-state index in [-0.39, 0.29) is 6.29 Å². The molecule has 0 atom stereocenters. The van der Waals surface area contributed by atoms with Crippen molar-refractivity contribution in [2.75, 3.05) is 12.6 Å². The third kappa shape index (κ3) is 1.70. The fraction of sp³-hybridized carbons (Fsp3) is 1.00. The quantitative estimate of drug-likeness (QED) is 0.359. The molecule has 4 heteroatoms. The molecule has 0 bridgehead atoms. The smallest absolute Gasteiger partial charge is 0.109 e. The normalized spacial score (nSPS) is 36.4. The molecule has 0 spiro atoms. The van der Waals surface area contributed by atoms with Crippen LogP contribution in [0.4, 0.5) is 0 Å². The Morgan fingerprint density at radius 2 is 2.00 bits per heavy atom. The first-order valence-corrected chi connectivity index (χ1v) is 3.74. The molecule has 0 aromatic carbocycles. The summed E-state index contributed by atoms with van der Waals surface area (Å²) in [5.74, 6) is 0. The van der Waals surface area contributed by atoms with Crippen LogP contribution in [0.3, 0.4) is 0 Å². The van der Waals surface area contributed by atoms with E-state index in [0.29, 0.717) is 0 Å². The zero-order valence-electron chi connectivity index (χ0n) is 4.07. The molecule has 0 radical (unpaired) electrons. The van der Waals surface area contributed by atoms with Crippen molar-refractivity contribution in [1.29, 1.82) is 0 Å². The molecule has 3 nitrogen and oxygen atoms in total. The summed E-state index contributed by atoms with van der Waals surface area (Å²) in [6, 6.07) is 0. The van der Waals surface area contributed by atoms with Crippen molar-refractivity contribution in [2.24, 2.45) is 5.73 Å². The minimum Gasteiger partial charge on any atom is -0.304 e. The molecule has 1 aliphatic rings. The number of nitrogens with one attached hydrogen (secondary N) is 2. The molecule has 1 aliphatic heterocycles. The van der Waals surface area contributed by atoms with E-state index in [1.807, 2.05) is 0 Å². The van der Waals surface area contributed by atoms with E-state index in [4.69, 9.17) is 5.73 Å². The van der Waals surface area contributed by atoms with Crippen molar-refractivity contribution in [3.8, 4) is 0 Å². The van der Waals surface area contributed by atoms with Gasteiger partial charge in [0.25, 0.3) is 0 Å². The van der Waals surface area contributed by atoms with Gasteiger partial charge >= 0.3 is 0 Å². The van der Waals surface area contributed by atoms with E-state index in [9.17, 15) is 0 Å². The van der Waals surface area contributed by atoms with Crippen molar-refractivity contribution >= 4 is 8.58 Å². The van der Waals surface area contributed by atoms with Crippen LogP contribution in [0.5, 0.6) is 0 Å². The van der Waals surface area contributed by atoms with Gasteiger partial charge in [-0.25, -0.2) is 0 Å². The topological polar surface area (TPSA) is 50.1 Å². The molecule has 1 fully saturated rings. The van der Waals surface area contributed by atoms with Gasteiger partial charge in [0.05, 0.1) is 0 Å². The van der Waals surface area contributed by atoms with E-state index in [1.54, 1.807) is 0 Å². The van der Waals surface area contributed by atoms with Crippen LogP contribution in [0.15, 0.2) is 0 Å². The average molecular weight is 119 g/mol. The van der Waals surface area contributed by atoms with Crippen molar-refractivity contribution < 1.29 is 0 Å². The summed E-state index contributed by atoms with van der Waals surface area (Å²) in [4.78, 5) is 0. The Balaban J connectivity index is 2.12. The summed E-state index contributed by atoms with van der Waals surface area (Å²) in [7, 11) is 0.985. The minimum absolute atomic E-state index is 0.0428. The van der Waals surface area contributed by atoms with Crippen molar-refractivity contribution in [2.45, 2.75) is 6.29 Å². The molecule has 0 saturated carbocycles. The van der Waals surface area contributed by atoms with E-state index in [0.717, 1.165) is 21.2 Å². The molecule has 0 aliphatic carbocycles. The lowest BCUT2D eigenvalue weighted by atomic mass is 10.8. The molecule has 0 unspecified atom stereocenters. The highest BCUT2D eigenvalue weighted by Gasteiger charge is 2.02. The van der Waals surface area contributed by atoms with Gasteiger partial charge in [0.1, 0.15) is 6.29 Å². The van der Waals surface area contributed by atoms with Gasteiger partial charge in [-0.2, -0.15) is 0 Å². The number of rotatable bonds is 0. The van der Waals surface area contributed by atoms with E-state index < -0.39 is 0 Å². The summed E-state index contributed by atoms with van der Waals surface area (Å²) in [5.41, 5.74) is 5.42. The number of hydrogen-bond acceptors (Lipinski definition) is 3. The molecule has 1 heterocycles. The summed E-state index contributed by atoms with van der Waals surface area (Å²) in [6.07, 6.45) is 2.20. The first-order valence-electron chi connectivity index (χ1n) is 2.32. The van der Waals surface area contributed by atoms with Crippen LogP contribution >= 0.6 is 8.58 Å². The van der Waals surface area contributed by atoms with Crippen LogP contribution in [-0.2, 0) is 0 Å². The van der Waals surface area contributed by atoms with Crippen LogP contribution in [0.1, 0.15) is 0 Å². The molecule has 0 aromatic heterocycles. The molecule has 0 amide bonds. The Hall–Kier alpha value is 0.310. The van der Waals surface area contributed by atoms with E-state index >= 15 is 0 Å². The van der Waals surface area contributed by atoms with Crippen molar-refractivity contribution in [3.05, 3.63) is 0 Å². The average Bonchev–Trinajstić information content (AvgIpc) is 1.69. The Morgan fingerprint density at radius 1 is 1.43 bits per heavy atom. The Bertz CT molecular complexity index is 52.1. The monoisotopic (exact) mass is 119 g/mol. The molecule has 1 saturated heterocycles. The highest BCUT2D eigenvalue weighted by molar-refractivity contribution is 7.37. The second-order valence-electron chi connectivity index (χ2n) is 1.49. The summed E-state index contributed by atoms with van der Waals surface area (Å²) < 4.78 is 0. The Labute approximate surface area is 44.8 Å². The number of hydrogen-bond donors (Lipinski definition) is 3. The van der Waals surface area contributed by atoms with Crippen molar-refractivity contribution in [3.63, 3.8) is 0 Å². The summed E-state index contributed by atoms with van der Waals surface area (Å²) >= 11 is 0. The van der Waals surface area contributed by atoms with Crippen LogP contribution in [0.2, 0.25) is 0 Å². The molecule has 42 valence electrons. The standard InChI is InChI=1S/C3H10N3P/c4-3-5-1-7-2-6-3/h3,5-7H,1-2,4H2. The third-order valence-corrected chi connectivity index (χ3v) is 1.80. The largest absolute Gasteiger partial charge is 0.304 e. The van der Waals surface area contributed by atoms with Gasteiger partial charge in [0, 0.05) is 12.6 Å². The highest BCUT2D eigenvalue weighted by Crippen LogP contribution is 2.06. The van der Waals surface area contributed by atoms with Crippen LogP contribution < -0.4 is 16.4 Å². The zero-order chi connectivity index (χ0) is 5.11. The first kappa shape index (κ1) is 5.45. The summed E-state index contributed by atoms with van der Waals surface area (Å²) in [6.45, 7) is 0. The van der Waals surface area contributed by atoms with Gasteiger partial charge in [-0.3, -0.25) is 10.6 Å². The van der Waals surface area contributed by atoms with Crippen molar-refractivity contribution in [1.82, 2.24) is 10.6 Å². The molecule has 0 aromatic rings. The van der Waals surface area contributed by atoms with Gasteiger partial charge in [0.15, 0.2) is 0 Å². The van der Waals surface area contributed by atoms with Crippen LogP contribution in [0, 0.1) is 0 Å². The fourth-order valence-electron chi connectivity index (χ4n) is 0.499. The first-order chi connectivity index (χ1) is 3.39. The minimum atomic E-state index is 0.0428. The zero-order valence-corrected chi connectivity index (χ0v) is 5.07. The van der Waals surface area contributed by atoms with Gasteiger partial charge in [-0.15, -0.1) is 0 Å². The maximum atomic E-state index is 5.42. The van der Waals surface area contributed by atoms with Gasteiger partial charge in [0.2, 0.25) is 0 Å². The van der Waals surface area contributed by atoms with Crippen LogP contribution in [0.25, 0.3) is 0 Å². The third-order valence-electron chi connectivity index (χ3n) is 0.894. The second kappa shape index (κ2) is 2.58. The predicted octanol–water partition coefficient (Wildman–Crippen LogP) is -0.985. The van der Waals surface area contributed by atoms with Gasteiger partial charge < -0.3 is 5.73 Å². The predicted molar refractivity (Wildman–Crippen MR) is 32.3 cm³/mol. The van der Waals surface area contributed by atoms with Gasteiger partial charge in [-0.1, -0.05) is 8.58 Å². The van der Waals surface area contributed by atoms with E-state index in [1.165, 1.54) is 0 Å². The Kier molecular flexibility index (Phi) is 2.00. The van der Waals surface area contributed by atoms with Crippen LogP contribution in [-0.4, -0.2) is 18.9 Å². The SMILES string of the molecule is NC1NCPCN1. The molecule has 1 rings (SSSR count). The lowest BCUT2D eigenvalue weighted by molar-refractivity contribution is 0.481. The number of nitrogens with two attached hydrogens (primary N) is 1. The molecule has 7 heavy (non-hydrogen) atoms. The lowest BCUT2D eigenvalue weighted by Crippen LogP contribution is -2.51. The highest BCUT2D eigenvalue weighted by atomic mass is 31.1. The van der Waals surface area contributed by atoms with Gasteiger partial charge in [-0.05, 0) is 0 Å². The Morgan fingerprint density at radius 3 is 2.29 bits per heavy atom. The maximum Gasteiger partial charge on any atom is 0.109 e. The summed E-state index contributed by atoms with van der Waals surface area (Å²) in [5, 5.41) is 6.12. The molecule has 4 N–H and O–H groups in total. The second-order valence-corrected chi connectivity index (χ2v) is 2.70. The fourth-order valence-corrected chi connectivity index (χ4v) is 1.35. The van der Waals surface area contributed by atoms with E-state index in [2.05, 4.69) is 10.6 Å². The lowest BCUT2D eigenvalue weighted by Gasteiger charge is -2.20. The molecular formula is C3H10N3P.